The molecular weight excluding hydrogens is 458 g/mol. The molecule has 34 heavy (non-hydrogen) atoms. The number of amides is 1. The second-order valence-electron chi connectivity index (χ2n) is 9.34. The maximum absolute atomic E-state index is 12.9. The van der Waals surface area contributed by atoms with E-state index in [4.69, 9.17) is 9.47 Å². The van der Waals surface area contributed by atoms with Crippen molar-refractivity contribution in [1.82, 2.24) is 24.4 Å². The van der Waals surface area contributed by atoms with Crippen molar-refractivity contribution in [3.05, 3.63) is 50.4 Å². The minimum atomic E-state index is -0.483. The molecular formula is C23H27N5O5S. The lowest BCUT2D eigenvalue weighted by molar-refractivity contribution is -0.118. The minimum absolute atomic E-state index is 0.0532. The van der Waals surface area contributed by atoms with Crippen molar-refractivity contribution in [3.63, 3.8) is 0 Å². The smallest absolute Gasteiger partial charge is 0.332 e. The van der Waals surface area contributed by atoms with Crippen LogP contribution in [0.5, 0.6) is 11.5 Å². The van der Waals surface area contributed by atoms with E-state index in [1.807, 2.05) is 18.2 Å². The van der Waals surface area contributed by atoms with Gasteiger partial charge in [0.2, 0.25) is 12.7 Å². The lowest BCUT2D eigenvalue weighted by Gasteiger charge is -2.18. The third-order valence-electron chi connectivity index (χ3n) is 5.27. The van der Waals surface area contributed by atoms with Crippen LogP contribution in [0.1, 0.15) is 32.2 Å². The average molecular weight is 486 g/mol. The number of hydrogen-bond acceptors (Lipinski definition) is 8. The second-order valence-corrected chi connectivity index (χ2v) is 10.3. The summed E-state index contributed by atoms with van der Waals surface area (Å²) in [6, 6.07) is 5.50. The summed E-state index contributed by atoms with van der Waals surface area (Å²) in [5, 5.41) is 3.49. The molecule has 4 rings (SSSR count). The lowest BCUT2D eigenvalue weighted by Crippen LogP contribution is -2.38. The van der Waals surface area contributed by atoms with E-state index in [9.17, 15) is 14.4 Å². The number of rotatable bonds is 6. The first-order valence-electron chi connectivity index (χ1n) is 10.8. The van der Waals surface area contributed by atoms with Crippen molar-refractivity contribution in [2.24, 2.45) is 19.5 Å². The SMILES string of the molecule is Cn1c(=O)c2c(SCC(=O)NCc3ccc4c(c3)OCO4)nc(CC(C)(C)C)nc2n(C)c1=O. The van der Waals surface area contributed by atoms with E-state index in [1.54, 1.807) is 7.05 Å². The van der Waals surface area contributed by atoms with Gasteiger partial charge in [0.05, 0.1) is 5.75 Å². The minimum Gasteiger partial charge on any atom is -0.454 e. The molecule has 1 aliphatic heterocycles. The van der Waals surface area contributed by atoms with Crippen molar-refractivity contribution in [3.8, 4) is 11.5 Å². The Hall–Kier alpha value is -3.34. The molecule has 180 valence electrons. The van der Waals surface area contributed by atoms with Gasteiger partial charge in [0.15, 0.2) is 17.1 Å². The predicted molar refractivity (Wildman–Crippen MR) is 128 cm³/mol. The highest BCUT2D eigenvalue weighted by Crippen LogP contribution is 2.32. The van der Waals surface area contributed by atoms with Gasteiger partial charge in [-0.15, -0.1) is 0 Å². The Morgan fingerprint density at radius 1 is 1.12 bits per heavy atom. The molecule has 0 unspecified atom stereocenters. The molecule has 1 aromatic carbocycles. The Morgan fingerprint density at radius 2 is 1.85 bits per heavy atom. The van der Waals surface area contributed by atoms with Crippen LogP contribution in [-0.4, -0.2) is 37.6 Å². The molecule has 3 heterocycles. The first-order chi connectivity index (χ1) is 16.0. The molecule has 11 heteroatoms. The van der Waals surface area contributed by atoms with E-state index < -0.39 is 11.2 Å². The molecule has 2 aromatic heterocycles. The molecule has 0 atom stereocenters. The molecule has 10 nitrogen and oxygen atoms in total. The fourth-order valence-corrected chi connectivity index (χ4v) is 4.43. The van der Waals surface area contributed by atoms with Crippen LogP contribution in [0.2, 0.25) is 0 Å². The standard InChI is InChI=1S/C23H27N5O5S/c1-23(2,3)9-16-25-19-18(21(30)28(5)22(31)27(19)4)20(26-16)34-11-17(29)24-10-13-6-7-14-15(8-13)33-12-32-14/h6-8H,9-12H2,1-5H3,(H,24,29). The summed E-state index contributed by atoms with van der Waals surface area (Å²) in [6.45, 7) is 6.68. The number of hydrogen-bond donors (Lipinski definition) is 1. The summed E-state index contributed by atoms with van der Waals surface area (Å²) in [5.41, 5.74) is 0.104. The zero-order valence-corrected chi connectivity index (χ0v) is 20.6. The van der Waals surface area contributed by atoms with E-state index in [0.29, 0.717) is 35.3 Å². The number of carbonyl (C=O) groups is 1. The highest BCUT2D eigenvalue weighted by molar-refractivity contribution is 8.00. The van der Waals surface area contributed by atoms with Gasteiger partial charge in [0.25, 0.3) is 5.56 Å². The molecule has 1 amide bonds. The van der Waals surface area contributed by atoms with Gasteiger partial charge in [-0.1, -0.05) is 38.6 Å². The number of thioether (sulfide) groups is 1. The van der Waals surface area contributed by atoms with Crippen molar-refractivity contribution in [1.29, 1.82) is 0 Å². The van der Waals surface area contributed by atoms with Crippen LogP contribution in [0, 0.1) is 5.41 Å². The molecule has 3 aromatic rings. The van der Waals surface area contributed by atoms with E-state index in [2.05, 4.69) is 36.1 Å². The molecule has 0 saturated carbocycles. The zero-order chi connectivity index (χ0) is 24.6. The summed E-state index contributed by atoms with van der Waals surface area (Å²) in [5.74, 6) is 1.70. The van der Waals surface area contributed by atoms with Gasteiger partial charge in [0, 0.05) is 27.1 Å². The topological polar surface area (TPSA) is 117 Å². The summed E-state index contributed by atoms with van der Waals surface area (Å²) in [6.07, 6.45) is 0.552. The van der Waals surface area contributed by atoms with Gasteiger partial charge in [-0.25, -0.2) is 14.8 Å². The molecule has 0 aliphatic carbocycles. The van der Waals surface area contributed by atoms with Crippen LogP contribution in [0.25, 0.3) is 11.0 Å². The van der Waals surface area contributed by atoms with Gasteiger partial charge in [-0.3, -0.25) is 18.7 Å². The normalized spacial score (nSPS) is 12.9. The number of nitrogens with one attached hydrogen (secondary N) is 1. The van der Waals surface area contributed by atoms with Crippen LogP contribution in [0.4, 0.5) is 0 Å². The first-order valence-corrected chi connectivity index (χ1v) is 11.8. The maximum Gasteiger partial charge on any atom is 0.332 e. The van der Waals surface area contributed by atoms with Crippen LogP contribution >= 0.6 is 11.8 Å². The number of benzene rings is 1. The first kappa shape index (κ1) is 23.8. The highest BCUT2D eigenvalue weighted by atomic mass is 32.2. The third-order valence-corrected chi connectivity index (χ3v) is 6.24. The number of fused-ring (bicyclic) bond motifs is 2. The Balaban J connectivity index is 1.56. The van der Waals surface area contributed by atoms with Crippen molar-refractivity contribution in [2.75, 3.05) is 12.5 Å². The monoisotopic (exact) mass is 485 g/mol. The largest absolute Gasteiger partial charge is 0.454 e. The van der Waals surface area contributed by atoms with Crippen molar-refractivity contribution in [2.45, 2.75) is 38.8 Å². The number of carbonyl (C=O) groups excluding carboxylic acids is 1. The van der Waals surface area contributed by atoms with Gasteiger partial charge in [-0.05, 0) is 23.1 Å². The molecule has 1 aliphatic rings. The highest BCUT2D eigenvalue weighted by Gasteiger charge is 2.21. The van der Waals surface area contributed by atoms with Crippen LogP contribution < -0.4 is 26.0 Å². The summed E-state index contributed by atoms with van der Waals surface area (Å²) in [4.78, 5) is 47.0. The van der Waals surface area contributed by atoms with Crippen LogP contribution in [-0.2, 0) is 31.9 Å². The molecule has 0 fully saturated rings. The van der Waals surface area contributed by atoms with Crippen LogP contribution in [0.15, 0.2) is 32.8 Å². The fourth-order valence-electron chi connectivity index (χ4n) is 3.57. The van der Waals surface area contributed by atoms with Gasteiger partial charge in [-0.2, -0.15) is 0 Å². The summed E-state index contributed by atoms with van der Waals surface area (Å²) >= 11 is 1.15. The fraction of sp³-hybridized carbons (Fsp3) is 0.435. The van der Waals surface area contributed by atoms with E-state index in [-0.39, 0.29) is 34.9 Å². The zero-order valence-electron chi connectivity index (χ0n) is 19.8. The van der Waals surface area contributed by atoms with Crippen molar-refractivity contribution >= 4 is 28.7 Å². The second kappa shape index (κ2) is 9.13. The van der Waals surface area contributed by atoms with Crippen molar-refractivity contribution < 1.29 is 14.3 Å². The molecule has 0 saturated heterocycles. The number of aryl methyl sites for hydroxylation is 1. The lowest BCUT2D eigenvalue weighted by atomic mass is 9.92. The predicted octanol–water partition coefficient (Wildman–Crippen LogP) is 1.75. The Bertz CT molecular complexity index is 1390. The summed E-state index contributed by atoms with van der Waals surface area (Å²) in [7, 11) is 2.99. The molecule has 0 radical (unpaired) electrons. The van der Waals surface area contributed by atoms with E-state index >= 15 is 0 Å². The number of aromatic nitrogens is 4. The van der Waals surface area contributed by atoms with Gasteiger partial charge >= 0.3 is 5.69 Å². The van der Waals surface area contributed by atoms with E-state index in [0.717, 1.165) is 21.9 Å². The Morgan fingerprint density at radius 3 is 2.59 bits per heavy atom. The van der Waals surface area contributed by atoms with Crippen LogP contribution in [0.3, 0.4) is 0 Å². The third kappa shape index (κ3) is 4.93. The Kier molecular flexibility index (Phi) is 6.39. The number of ether oxygens (including phenoxy) is 2. The number of nitrogens with zero attached hydrogens (tertiary/aromatic N) is 4. The van der Waals surface area contributed by atoms with Gasteiger partial charge in [0.1, 0.15) is 16.2 Å². The maximum atomic E-state index is 12.9. The van der Waals surface area contributed by atoms with Gasteiger partial charge < -0.3 is 14.8 Å². The molecule has 0 spiro atoms. The summed E-state index contributed by atoms with van der Waals surface area (Å²) < 4.78 is 13.0. The molecule has 1 N–H and O–H groups in total. The average Bonchev–Trinajstić information content (AvgIpc) is 3.25. The quantitative estimate of drug-likeness (QED) is 0.415. The molecule has 0 bridgehead atoms. The Labute approximate surface area is 200 Å². The van der Waals surface area contributed by atoms with E-state index in [1.165, 1.54) is 11.6 Å².